The van der Waals surface area contributed by atoms with Gasteiger partial charge in [0.2, 0.25) is 0 Å². The highest BCUT2D eigenvalue weighted by Crippen LogP contribution is 2.48. The number of aliphatic hydroxyl groups excluding tert-OH is 1. The van der Waals surface area contributed by atoms with Gasteiger partial charge in [-0.2, -0.15) is 0 Å². The van der Waals surface area contributed by atoms with Gasteiger partial charge in [-0.15, -0.1) is 0 Å². The van der Waals surface area contributed by atoms with E-state index < -0.39 is 6.10 Å². The van der Waals surface area contributed by atoms with Crippen LogP contribution < -0.4 is 9.47 Å². The lowest BCUT2D eigenvalue weighted by atomic mass is 9.79. The molecular weight excluding hydrogens is 252 g/mol. The third-order valence-electron chi connectivity index (χ3n) is 4.29. The maximum absolute atomic E-state index is 10.7. The Morgan fingerprint density at radius 3 is 2.30 bits per heavy atom. The van der Waals surface area contributed by atoms with Gasteiger partial charge in [0, 0.05) is 0 Å². The lowest BCUT2D eigenvalue weighted by Crippen LogP contribution is -2.22. The first-order chi connectivity index (χ1) is 9.60. The standard InChI is InChI=1S/C17H26O3/c1-4-19-14-9-8-13(12-15(14)20-5-2)16(18)17(3)10-6-7-11-17/h8-9,12,16,18H,4-7,10-11H2,1-3H3. The van der Waals surface area contributed by atoms with Crippen molar-refractivity contribution >= 4 is 0 Å². The highest BCUT2D eigenvalue weighted by Gasteiger charge is 2.37. The SMILES string of the molecule is CCOc1ccc(C(O)C2(C)CCCC2)cc1OCC. The van der Waals surface area contributed by atoms with Crippen LogP contribution in [-0.2, 0) is 0 Å². The Balaban J connectivity index is 2.25. The average molecular weight is 278 g/mol. The number of rotatable bonds is 6. The minimum absolute atomic E-state index is 0.00336. The van der Waals surface area contributed by atoms with Crippen LogP contribution >= 0.6 is 0 Å². The van der Waals surface area contributed by atoms with Gasteiger partial charge in [0.1, 0.15) is 0 Å². The summed E-state index contributed by atoms with van der Waals surface area (Å²) in [7, 11) is 0. The zero-order chi connectivity index (χ0) is 14.6. The molecule has 20 heavy (non-hydrogen) atoms. The molecule has 1 aliphatic rings. The number of hydrogen-bond acceptors (Lipinski definition) is 3. The van der Waals surface area contributed by atoms with Gasteiger partial charge in [0.25, 0.3) is 0 Å². The van der Waals surface area contributed by atoms with Crippen LogP contribution in [0, 0.1) is 5.41 Å². The van der Waals surface area contributed by atoms with Crippen molar-refractivity contribution in [2.45, 2.75) is 52.6 Å². The zero-order valence-corrected chi connectivity index (χ0v) is 12.8. The normalized spacial score (nSPS) is 18.8. The fraction of sp³-hybridized carbons (Fsp3) is 0.647. The molecule has 1 fully saturated rings. The summed E-state index contributed by atoms with van der Waals surface area (Å²) in [6.07, 6.45) is 4.17. The van der Waals surface area contributed by atoms with Crippen LogP contribution in [0.15, 0.2) is 18.2 Å². The Bertz CT molecular complexity index is 436. The molecule has 1 N–H and O–H groups in total. The number of aliphatic hydroxyl groups is 1. The minimum Gasteiger partial charge on any atom is -0.490 e. The molecule has 3 heteroatoms. The van der Waals surface area contributed by atoms with Crippen molar-refractivity contribution in [1.82, 2.24) is 0 Å². The van der Waals surface area contributed by atoms with Crippen molar-refractivity contribution in [3.8, 4) is 11.5 Å². The molecule has 1 aromatic rings. The van der Waals surface area contributed by atoms with Gasteiger partial charge < -0.3 is 14.6 Å². The summed E-state index contributed by atoms with van der Waals surface area (Å²) in [5, 5.41) is 10.7. The Labute approximate surface area is 121 Å². The highest BCUT2D eigenvalue weighted by atomic mass is 16.5. The van der Waals surface area contributed by atoms with Crippen LogP contribution in [0.3, 0.4) is 0 Å². The predicted octanol–water partition coefficient (Wildman–Crippen LogP) is 4.10. The van der Waals surface area contributed by atoms with Crippen LogP contribution in [0.4, 0.5) is 0 Å². The molecule has 0 bridgehead atoms. The van der Waals surface area contributed by atoms with Gasteiger partial charge >= 0.3 is 0 Å². The fourth-order valence-corrected chi connectivity index (χ4v) is 3.10. The largest absolute Gasteiger partial charge is 0.490 e. The molecule has 0 aliphatic heterocycles. The molecule has 0 amide bonds. The first-order valence-electron chi connectivity index (χ1n) is 7.68. The molecule has 2 rings (SSSR count). The summed E-state index contributed by atoms with van der Waals surface area (Å²) < 4.78 is 11.2. The lowest BCUT2D eigenvalue weighted by Gasteiger charge is -2.30. The van der Waals surface area contributed by atoms with E-state index in [1.165, 1.54) is 12.8 Å². The molecule has 0 radical (unpaired) electrons. The summed E-state index contributed by atoms with van der Waals surface area (Å²) in [4.78, 5) is 0. The van der Waals surface area contributed by atoms with E-state index in [2.05, 4.69) is 6.92 Å². The molecule has 3 nitrogen and oxygen atoms in total. The molecule has 1 saturated carbocycles. The van der Waals surface area contributed by atoms with Crippen molar-refractivity contribution in [1.29, 1.82) is 0 Å². The van der Waals surface area contributed by atoms with E-state index in [0.717, 1.165) is 29.9 Å². The fourth-order valence-electron chi connectivity index (χ4n) is 3.10. The predicted molar refractivity (Wildman–Crippen MR) is 80.3 cm³/mol. The number of benzene rings is 1. The summed E-state index contributed by atoms with van der Waals surface area (Å²) in [6, 6.07) is 5.80. The van der Waals surface area contributed by atoms with E-state index in [1.807, 2.05) is 32.0 Å². The van der Waals surface area contributed by atoms with E-state index in [0.29, 0.717) is 13.2 Å². The molecule has 1 aromatic carbocycles. The maximum Gasteiger partial charge on any atom is 0.161 e. The Morgan fingerprint density at radius 2 is 1.70 bits per heavy atom. The number of hydrogen-bond donors (Lipinski definition) is 1. The molecule has 1 atom stereocenters. The third-order valence-corrected chi connectivity index (χ3v) is 4.29. The summed E-state index contributed by atoms with van der Waals surface area (Å²) in [5.41, 5.74) is 0.928. The van der Waals surface area contributed by atoms with Crippen LogP contribution in [-0.4, -0.2) is 18.3 Å². The van der Waals surface area contributed by atoms with Crippen LogP contribution in [0.5, 0.6) is 11.5 Å². The monoisotopic (exact) mass is 278 g/mol. The van der Waals surface area contributed by atoms with Crippen LogP contribution in [0.2, 0.25) is 0 Å². The number of ether oxygens (including phenoxy) is 2. The highest BCUT2D eigenvalue weighted by molar-refractivity contribution is 5.44. The minimum atomic E-state index is -0.431. The van der Waals surface area contributed by atoms with Crippen molar-refractivity contribution in [2.75, 3.05) is 13.2 Å². The maximum atomic E-state index is 10.7. The third kappa shape index (κ3) is 3.09. The van der Waals surface area contributed by atoms with Gasteiger partial charge in [-0.3, -0.25) is 0 Å². The second kappa shape index (κ2) is 6.49. The lowest BCUT2D eigenvalue weighted by molar-refractivity contribution is 0.0406. The van der Waals surface area contributed by atoms with E-state index in [1.54, 1.807) is 0 Å². The summed E-state index contributed by atoms with van der Waals surface area (Å²) in [5.74, 6) is 1.48. The molecule has 0 saturated heterocycles. The van der Waals surface area contributed by atoms with Gasteiger partial charge in [-0.25, -0.2) is 0 Å². The van der Waals surface area contributed by atoms with Crippen LogP contribution in [0.25, 0.3) is 0 Å². The van der Waals surface area contributed by atoms with E-state index in [9.17, 15) is 5.11 Å². The Hall–Kier alpha value is -1.22. The van der Waals surface area contributed by atoms with Gasteiger partial charge in [0.05, 0.1) is 19.3 Å². The second-order valence-corrected chi connectivity index (χ2v) is 5.84. The molecule has 0 spiro atoms. The van der Waals surface area contributed by atoms with E-state index in [-0.39, 0.29) is 5.41 Å². The molecule has 0 aromatic heterocycles. The van der Waals surface area contributed by atoms with Crippen LogP contribution in [0.1, 0.15) is 58.1 Å². The first kappa shape index (κ1) is 15.2. The summed E-state index contributed by atoms with van der Waals surface area (Å²) in [6.45, 7) is 7.30. The van der Waals surface area contributed by atoms with Crippen molar-refractivity contribution in [3.05, 3.63) is 23.8 Å². The molecule has 1 unspecified atom stereocenters. The smallest absolute Gasteiger partial charge is 0.161 e. The Morgan fingerprint density at radius 1 is 1.10 bits per heavy atom. The van der Waals surface area contributed by atoms with Gasteiger partial charge in [-0.05, 0) is 49.8 Å². The van der Waals surface area contributed by atoms with Crippen molar-refractivity contribution < 1.29 is 14.6 Å². The molecule has 0 heterocycles. The topological polar surface area (TPSA) is 38.7 Å². The molecule has 1 aliphatic carbocycles. The summed E-state index contributed by atoms with van der Waals surface area (Å²) >= 11 is 0. The Kier molecular flexibility index (Phi) is 4.92. The van der Waals surface area contributed by atoms with Crippen molar-refractivity contribution in [3.63, 3.8) is 0 Å². The van der Waals surface area contributed by atoms with Gasteiger partial charge in [0.15, 0.2) is 11.5 Å². The van der Waals surface area contributed by atoms with E-state index in [4.69, 9.17) is 9.47 Å². The quantitative estimate of drug-likeness (QED) is 0.851. The molecule has 112 valence electrons. The molecular formula is C17H26O3. The van der Waals surface area contributed by atoms with Crippen molar-refractivity contribution in [2.24, 2.45) is 5.41 Å². The second-order valence-electron chi connectivity index (χ2n) is 5.84. The first-order valence-corrected chi connectivity index (χ1v) is 7.68. The van der Waals surface area contributed by atoms with Gasteiger partial charge in [-0.1, -0.05) is 25.8 Å². The zero-order valence-electron chi connectivity index (χ0n) is 12.8. The average Bonchev–Trinajstić information content (AvgIpc) is 2.89. The van der Waals surface area contributed by atoms with E-state index >= 15 is 0 Å².